The van der Waals surface area contributed by atoms with E-state index in [1.54, 1.807) is 30.3 Å². The fourth-order valence-corrected chi connectivity index (χ4v) is 7.16. The van der Waals surface area contributed by atoms with Crippen molar-refractivity contribution in [3.8, 4) is 5.75 Å². The van der Waals surface area contributed by atoms with E-state index in [0.717, 1.165) is 0 Å². The SMILES string of the molecule is NCCOc1ccc2c(c1)C(S(=O)(=O)c1ccccc1)CS2(O)O. The minimum atomic E-state index is -3.74. The first kappa shape index (κ1) is 17.2. The highest BCUT2D eigenvalue weighted by Crippen LogP contribution is 2.61. The van der Waals surface area contributed by atoms with E-state index in [0.29, 0.717) is 24.5 Å². The van der Waals surface area contributed by atoms with Crippen molar-refractivity contribution < 1.29 is 22.3 Å². The van der Waals surface area contributed by atoms with E-state index in [-0.39, 0.29) is 15.5 Å². The van der Waals surface area contributed by atoms with Gasteiger partial charge in [0.05, 0.1) is 15.5 Å². The fourth-order valence-electron chi connectivity index (χ4n) is 2.76. The molecule has 1 heterocycles. The summed E-state index contributed by atoms with van der Waals surface area (Å²) in [6, 6.07) is 12.7. The van der Waals surface area contributed by atoms with Crippen LogP contribution in [0.25, 0.3) is 0 Å². The van der Waals surface area contributed by atoms with E-state index >= 15 is 0 Å². The van der Waals surface area contributed by atoms with Crippen LogP contribution in [0.5, 0.6) is 5.75 Å². The lowest BCUT2D eigenvalue weighted by Crippen LogP contribution is -2.15. The second-order valence-corrected chi connectivity index (χ2v) is 9.75. The van der Waals surface area contributed by atoms with Gasteiger partial charge in [0.15, 0.2) is 9.84 Å². The molecule has 0 spiro atoms. The van der Waals surface area contributed by atoms with E-state index < -0.39 is 25.7 Å². The van der Waals surface area contributed by atoms with Crippen LogP contribution < -0.4 is 10.5 Å². The molecule has 0 aromatic heterocycles. The summed E-state index contributed by atoms with van der Waals surface area (Å²) in [4.78, 5) is 0.429. The van der Waals surface area contributed by atoms with Gasteiger partial charge in [-0.15, -0.1) is 0 Å². The lowest BCUT2D eigenvalue weighted by molar-refractivity contribution is 0.327. The van der Waals surface area contributed by atoms with Gasteiger partial charge in [-0.25, -0.2) is 8.42 Å². The second kappa shape index (κ2) is 6.38. The first-order valence-corrected chi connectivity index (χ1v) is 10.6. The summed E-state index contributed by atoms with van der Waals surface area (Å²) in [7, 11) is -6.88. The number of hydrogen-bond acceptors (Lipinski definition) is 6. The van der Waals surface area contributed by atoms with Crippen LogP contribution in [0, 0.1) is 0 Å². The fraction of sp³-hybridized carbons (Fsp3) is 0.250. The highest BCUT2D eigenvalue weighted by Gasteiger charge is 2.43. The molecule has 4 N–H and O–H groups in total. The number of nitrogens with two attached hydrogens (primary N) is 1. The van der Waals surface area contributed by atoms with Crippen LogP contribution in [-0.2, 0) is 9.84 Å². The minimum absolute atomic E-state index is 0.159. The van der Waals surface area contributed by atoms with Gasteiger partial charge in [-0.05, 0) is 35.9 Å². The molecule has 0 radical (unpaired) electrons. The van der Waals surface area contributed by atoms with Crippen molar-refractivity contribution in [3.63, 3.8) is 0 Å². The summed E-state index contributed by atoms with van der Waals surface area (Å²) in [5, 5.41) is -1.01. The molecule has 8 heteroatoms. The first-order valence-electron chi connectivity index (χ1n) is 7.38. The number of hydrogen-bond donors (Lipinski definition) is 3. The molecule has 2 aromatic rings. The van der Waals surface area contributed by atoms with Gasteiger partial charge in [0.2, 0.25) is 0 Å². The Hall–Kier alpha value is -1.58. The third-order valence-corrected chi connectivity index (χ3v) is 8.08. The third-order valence-electron chi connectivity index (χ3n) is 3.90. The van der Waals surface area contributed by atoms with Gasteiger partial charge < -0.3 is 10.5 Å². The Balaban J connectivity index is 2.06. The molecule has 6 nitrogen and oxygen atoms in total. The van der Waals surface area contributed by atoms with Crippen LogP contribution >= 0.6 is 10.6 Å². The first-order chi connectivity index (χ1) is 11.4. The molecule has 0 fully saturated rings. The maximum absolute atomic E-state index is 12.9. The standard InChI is InChI=1S/C16H19NO5S2/c17-8-9-22-12-6-7-15-14(10-12)16(11-23(15,18)19)24(20,21)13-4-2-1-3-5-13/h1-7,10,16,18-19H,8-9,11,17H2. The Bertz CT molecular complexity index is 837. The quantitative estimate of drug-likeness (QED) is 0.747. The van der Waals surface area contributed by atoms with Gasteiger partial charge in [-0.2, -0.15) is 10.6 Å². The van der Waals surface area contributed by atoms with Crippen LogP contribution in [0.1, 0.15) is 10.8 Å². The minimum Gasteiger partial charge on any atom is -0.492 e. The Morgan fingerprint density at radius 3 is 2.54 bits per heavy atom. The van der Waals surface area contributed by atoms with Gasteiger partial charge in [0, 0.05) is 6.54 Å². The summed E-state index contributed by atoms with van der Waals surface area (Å²) >= 11 is 0. The zero-order valence-electron chi connectivity index (χ0n) is 12.8. The molecule has 1 unspecified atom stereocenters. The zero-order chi connectivity index (χ0) is 17.4. The van der Waals surface area contributed by atoms with Crippen LogP contribution in [0.2, 0.25) is 0 Å². The number of sulfone groups is 1. The summed E-state index contributed by atoms with van der Waals surface area (Å²) < 4.78 is 51.9. The van der Waals surface area contributed by atoms with E-state index in [4.69, 9.17) is 10.5 Å². The third kappa shape index (κ3) is 3.03. The van der Waals surface area contributed by atoms with Gasteiger partial charge in [-0.3, -0.25) is 9.11 Å². The van der Waals surface area contributed by atoms with Gasteiger partial charge >= 0.3 is 0 Å². The number of fused-ring (bicyclic) bond motifs is 1. The molecule has 1 aliphatic heterocycles. The molecule has 1 aliphatic rings. The summed E-state index contributed by atoms with van der Waals surface area (Å²) in [5.41, 5.74) is 5.79. The molecule has 130 valence electrons. The van der Waals surface area contributed by atoms with Crippen molar-refractivity contribution in [2.24, 2.45) is 5.73 Å². The summed E-state index contributed by atoms with van der Waals surface area (Å²) in [6.45, 7) is 0.628. The molecular weight excluding hydrogens is 350 g/mol. The number of ether oxygens (including phenoxy) is 1. The smallest absolute Gasteiger partial charge is 0.187 e. The molecule has 24 heavy (non-hydrogen) atoms. The van der Waals surface area contributed by atoms with Gasteiger partial charge in [-0.1, -0.05) is 18.2 Å². The highest BCUT2D eigenvalue weighted by atomic mass is 32.3. The Morgan fingerprint density at radius 2 is 1.88 bits per heavy atom. The summed E-state index contributed by atoms with van der Waals surface area (Å²) in [5.74, 6) is 0.226. The van der Waals surface area contributed by atoms with Crippen molar-refractivity contribution in [1.82, 2.24) is 0 Å². The largest absolute Gasteiger partial charge is 0.492 e. The van der Waals surface area contributed by atoms with E-state index in [1.165, 1.54) is 18.2 Å². The maximum Gasteiger partial charge on any atom is 0.187 e. The Labute approximate surface area is 142 Å². The lowest BCUT2D eigenvalue weighted by atomic mass is 10.1. The molecule has 2 aromatic carbocycles. The predicted molar refractivity (Wildman–Crippen MR) is 93.3 cm³/mol. The van der Waals surface area contributed by atoms with Crippen LogP contribution in [-0.4, -0.2) is 36.4 Å². The topological polar surface area (TPSA) is 110 Å². The molecule has 0 aliphatic carbocycles. The van der Waals surface area contributed by atoms with Gasteiger partial charge in [0.1, 0.15) is 17.6 Å². The molecule has 0 saturated heterocycles. The average Bonchev–Trinajstić information content (AvgIpc) is 2.85. The van der Waals surface area contributed by atoms with Crippen molar-refractivity contribution in [3.05, 3.63) is 54.1 Å². The van der Waals surface area contributed by atoms with E-state index in [1.807, 2.05) is 0 Å². The van der Waals surface area contributed by atoms with Crippen molar-refractivity contribution in [2.75, 3.05) is 18.9 Å². The maximum atomic E-state index is 12.9. The average molecular weight is 369 g/mol. The highest BCUT2D eigenvalue weighted by molar-refractivity contribution is 8.25. The predicted octanol–water partition coefficient (Wildman–Crippen LogP) is 2.66. The Kier molecular flexibility index (Phi) is 4.58. The lowest BCUT2D eigenvalue weighted by Gasteiger charge is -2.27. The summed E-state index contributed by atoms with van der Waals surface area (Å²) in [6.07, 6.45) is 0. The van der Waals surface area contributed by atoms with Crippen molar-refractivity contribution in [1.29, 1.82) is 0 Å². The van der Waals surface area contributed by atoms with Crippen molar-refractivity contribution >= 4 is 20.4 Å². The zero-order valence-corrected chi connectivity index (χ0v) is 14.5. The Morgan fingerprint density at radius 1 is 1.17 bits per heavy atom. The molecule has 0 saturated carbocycles. The van der Waals surface area contributed by atoms with Crippen molar-refractivity contribution in [2.45, 2.75) is 15.0 Å². The molecule has 3 rings (SSSR count). The van der Waals surface area contributed by atoms with Crippen LogP contribution in [0.15, 0.2) is 58.3 Å². The van der Waals surface area contributed by atoms with E-state index in [2.05, 4.69) is 0 Å². The monoisotopic (exact) mass is 369 g/mol. The number of rotatable bonds is 5. The molecule has 1 atom stereocenters. The molecule has 0 bridgehead atoms. The number of benzene rings is 2. The normalized spacial score (nSPS) is 20.4. The van der Waals surface area contributed by atoms with Crippen LogP contribution in [0.3, 0.4) is 0 Å². The molecular formula is C16H19NO5S2. The van der Waals surface area contributed by atoms with E-state index in [9.17, 15) is 17.5 Å². The van der Waals surface area contributed by atoms with Gasteiger partial charge in [0.25, 0.3) is 0 Å². The second-order valence-electron chi connectivity index (χ2n) is 5.52. The molecule has 0 amide bonds. The van der Waals surface area contributed by atoms with Crippen LogP contribution in [0.4, 0.5) is 0 Å².